The summed E-state index contributed by atoms with van der Waals surface area (Å²) in [5, 5.41) is 133. The maximum atomic E-state index is 11.8. The molecule has 10 rings (SSSR count). The molecule has 31 atom stereocenters. The SMILES string of the molecule is C[C@H]1CC[C@]2(NC1)O[C@H]1C[C@H]3[C@@H]4CC[C@H]5C[C@@H](O[C@@H]6O[C@H](CO)[C@H](O[C@@H]7O[C@H](CO)[C@@H](O)[C@H](O[C@@H]8OC[C@@H](O)[C@H](O)[C@H]8O)[C@H]7O[C@@H]7O[C@H](CO)[C@@H](O)[C@H](O)[C@H]7O)[C@H](O)[C@H]6O)CC[C@]5(C)[C@H]4CC[C@]3(C)[C@H]1[C@@H]2C.Cl. The van der Waals surface area contributed by atoms with Gasteiger partial charge in [0.05, 0.1) is 38.6 Å². The van der Waals surface area contributed by atoms with Gasteiger partial charge in [0.25, 0.3) is 0 Å². The minimum absolute atomic E-state index is 0. The predicted molar refractivity (Wildman–Crippen MR) is 252 cm³/mol. The molecule has 13 N–H and O–H groups in total. The molecular formula is C50H84ClNO21. The first-order valence-electron chi connectivity index (χ1n) is 26.8. The molecule has 422 valence electrons. The number of rotatable bonds is 11. The second-order valence-electron chi connectivity index (χ2n) is 24.0. The van der Waals surface area contributed by atoms with Gasteiger partial charge in [-0.15, -0.1) is 12.4 Å². The zero-order valence-electron chi connectivity index (χ0n) is 42.2. The second kappa shape index (κ2) is 22.2. The lowest BCUT2D eigenvalue weighted by Crippen LogP contribution is -2.68. The van der Waals surface area contributed by atoms with Crippen molar-refractivity contribution < 1.29 is 104 Å². The average molecular weight is 1070 g/mol. The highest BCUT2D eigenvalue weighted by Gasteiger charge is 2.69. The van der Waals surface area contributed by atoms with Crippen LogP contribution >= 0.6 is 12.4 Å². The molecule has 1 spiro atoms. The van der Waals surface area contributed by atoms with E-state index >= 15 is 0 Å². The van der Waals surface area contributed by atoms with Gasteiger partial charge in [-0.2, -0.15) is 0 Å². The number of aliphatic hydroxyl groups excluding tert-OH is 12. The Morgan fingerprint density at radius 3 is 1.86 bits per heavy atom. The fourth-order valence-corrected chi connectivity index (χ4v) is 16.1. The number of fused-ring (bicyclic) bond motifs is 7. The van der Waals surface area contributed by atoms with Gasteiger partial charge in [0.15, 0.2) is 25.2 Å². The first kappa shape index (κ1) is 57.1. The molecule has 23 heteroatoms. The van der Waals surface area contributed by atoms with Gasteiger partial charge in [-0.3, -0.25) is 5.32 Å². The monoisotopic (exact) mass is 1070 g/mol. The molecule has 0 radical (unpaired) electrons. The maximum absolute atomic E-state index is 11.8. The molecule has 0 aromatic rings. The minimum atomic E-state index is -1.99. The molecule has 73 heavy (non-hydrogen) atoms. The van der Waals surface area contributed by atoms with Crippen LogP contribution in [0, 0.1) is 52.3 Å². The van der Waals surface area contributed by atoms with Crippen LogP contribution in [0.4, 0.5) is 0 Å². The van der Waals surface area contributed by atoms with Gasteiger partial charge in [-0.1, -0.05) is 27.7 Å². The Morgan fingerprint density at radius 1 is 0.548 bits per heavy atom. The second-order valence-corrected chi connectivity index (χ2v) is 24.0. The van der Waals surface area contributed by atoms with Crippen molar-refractivity contribution in [2.45, 2.75) is 227 Å². The standard InChI is InChI=1S/C50H83NO21.ClH/c1-20-7-12-50(51-15-20)21(2)32-28(72-50)14-26-24-6-5-22-13-23(8-10-48(22,3)25(24)9-11-49(26,32)4)65-45-40(63)37(60)41(31(18-54)68-45)69-47-43(71-46-39(62)36(59)34(57)29(16-52)66-46)42(35(58)30(17-53)67-47)70-44-38(61)33(56)27(55)19-64-44;/h20-47,51-63H,5-19H2,1-4H3;1H/t20-,21-,22-,23-,24+,25-,26-,27+,28-,29+,30+,31+,32-,33-,34+,35+,36-,37+,38+,39+,40+,41-,42-,43+,44-,45+,46-,47-,48-,49-,50-;/m0./s1. The molecule has 0 amide bonds. The van der Waals surface area contributed by atoms with Crippen LogP contribution in [0.3, 0.4) is 0 Å². The highest BCUT2D eigenvalue weighted by molar-refractivity contribution is 5.85. The summed E-state index contributed by atoms with van der Waals surface area (Å²) in [6.07, 6.45) is -22.4. The van der Waals surface area contributed by atoms with Crippen molar-refractivity contribution in [3.8, 4) is 0 Å². The Balaban J connectivity index is 0.00000656. The summed E-state index contributed by atoms with van der Waals surface area (Å²) in [7, 11) is 0. The first-order valence-corrected chi connectivity index (χ1v) is 26.8. The van der Waals surface area contributed by atoms with Gasteiger partial charge in [0.2, 0.25) is 0 Å². The van der Waals surface area contributed by atoms with E-state index in [1.54, 1.807) is 0 Å². The summed E-state index contributed by atoms with van der Waals surface area (Å²) < 4.78 is 55.0. The number of halogens is 1. The fraction of sp³-hybridized carbons (Fsp3) is 1.00. The van der Waals surface area contributed by atoms with E-state index < -0.39 is 143 Å². The number of piperidine rings is 1. The molecule has 10 aliphatic rings. The van der Waals surface area contributed by atoms with E-state index in [0.717, 1.165) is 45.1 Å². The molecule has 6 heterocycles. The zero-order chi connectivity index (χ0) is 51.3. The summed E-state index contributed by atoms with van der Waals surface area (Å²) in [6.45, 7) is 7.84. The van der Waals surface area contributed by atoms with Crippen LogP contribution in [0.15, 0.2) is 0 Å². The molecule has 6 aliphatic heterocycles. The van der Waals surface area contributed by atoms with Crippen LogP contribution in [0.2, 0.25) is 0 Å². The van der Waals surface area contributed by atoms with Crippen molar-refractivity contribution in [3.63, 3.8) is 0 Å². The lowest BCUT2D eigenvalue weighted by molar-refractivity contribution is -0.404. The maximum Gasteiger partial charge on any atom is 0.187 e. The quantitative estimate of drug-likeness (QED) is 0.0970. The number of aliphatic hydroxyl groups is 12. The number of ether oxygens (including phenoxy) is 9. The van der Waals surface area contributed by atoms with E-state index in [1.807, 2.05) is 0 Å². The number of hydrogen-bond acceptors (Lipinski definition) is 22. The summed E-state index contributed by atoms with van der Waals surface area (Å²) in [6, 6.07) is 0. The lowest BCUT2D eigenvalue weighted by atomic mass is 9.44. The smallest absolute Gasteiger partial charge is 0.187 e. The zero-order valence-corrected chi connectivity index (χ0v) is 43.0. The van der Waals surface area contributed by atoms with E-state index in [0.29, 0.717) is 47.8 Å². The van der Waals surface area contributed by atoms with Crippen LogP contribution in [-0.2, 0) is 42.6 Å². The normalized spacial score (nSPS) is 57.0. The van der Waals surface area contributed by atoms with E-state index in [1.165, 1.54) is 19.3 Å². The van der Waals surface area contributed by atoms with Gasteiger partial charge in [0, 0.05) is 12.5 Å². The largest absolute Gasteiger partial charge is 0.394 e. The minimum Gasteiger partial charge on any atom is -0.394 e. The lowest BCUT2D eigenvalue weighted by Gasteiger charge is -2.61. The van der Waals surface area contributed by atoms with Crippen LogP contribution < -0.4 is 5.32 Å². The van der Waals surface area contributed by atoms with Crippen LogP contribution in [0.1, 0.15) is 91.9 Å². The van der Waals surface area contributed by atoms with Gasteiger partial charge < -0.3 is 104 Å². The van der Waals surface area contributed by atoms with Crippen LogP contribution in [0.5, 0.6) is 0 Å². The van der Waals surface area contributed by atoms with Crippen molar-refractivity contribution in [2.75, 3.05) is 33.0 Å². The van der Waals surface area contributed by atoms with E-state index in [2.05, 4.69) is 33.0 Å². The van der Waals surface area contributed by atoms with E-state index in [4.69, 9.17) is 42.6 Å². The Kier molecular flexibility index (Phi) is 17.3. The van der Waals surface area contributed by atoms with Crippen molar-refractivity contribution in [1.29, 1.82) is 0 Å². The Labute approximate surface area is 432 Å². The summed E-state index contributed by atoms with van der Waals surface area (Å²) in [5.41, 5.74) is 0.147. The molecule has 0 unspecified atom stereocenters. The highest BCUT2D eigenvalue weighted by atomic mass is 35.5. The van der Waals surface area contributed by atoms with Crippen molar-refractivity contribution in [1.82, 2.24) is 5.32 Å². The summed E-state index contributed by atoms with van der Waals surface area (Å²) >= 11 is 0. The van der Waals surface area contributed by atoms with Gasteiger partial charge in [-0.05, 0) is 111 Å². The first-order chi connectivity index (χ1) is 34.3. The molecule has 22 nitrogen and oxygen atoms in total. The van der Waals surface area contributed by atoms with Gasteiger partial charge in [-0.25, -0.2) is 0 Å². The summed E-state index contributed by atoms with van der Waals surface area (Å²) in [5.74, 6) is 3.87. The predicted octanol–water partition coefficient (Wildman–Crippen LogP) is -2.28. The summed E-state index contributed by atoms with van der Waals surface area (Å²) in [4.78, 5) is 0. The van der Waals surface area contributed by atoms with E-state index in [-0.39, 0.29) is 41.2 Å². The van der Waals surface area contributed by atoms with Gasteiger partial charge in [0.1, 0.15) is 97.3 Å². The topological polar surface area (TPSA) is 338 Å². The van der Waals surface area contributed by atoms with Crippen LogP contribution in [0.25, 0.3) is 0 Å². The highest BCUT2D eigenvalue weighted by Crippen LogP contribution is 2.71. The van der Waals surface area contributed by atoms with Crippen molar-refractivity contribution >= 4 is 12.4 Å². The molecule has 6 saturated heterocycles. The molecule has 0 aromatic heterocycles. The average Bonchev–Trinajstić information content (AvgIpc) is 3.82. The third kappa shape index (κ3) is 9.90. The Hall–Kier alpha value is -0.590. The molecule has 0 aromatic carbocycles. The molecule has 10 fully saturated rings. The number of nitrogens with one attached hydrogen (secondary N) is 1. The van der Waals surface area contributed by atoms with Crippen molar-refractivity contribution in [3.05, 3.63) is 0 Å². The Morgan fingerprint density at radius 2 is 1.16 bits per heavy atom. The fourth-order valence-electron chi connectivity index (χ4n) is 16.1. The molecule has 4 saturated carbocycles. The molecular weight excluding hydrogens is 986 g/mol. The third-order valence-corrected chi connectivity index (χ3v) is 20.2. The van der Waals surface area contributed by atoms with Gasteiger partial charge >= 0.3 is 0 Å². The third-order valence-electron chi connectivity index (χ3n) is 20.2. The van der Waals surface area contributed by atoms with Crippen LogP contribution in [-0.4, -0.2) is 229 Å². The Bertz CT molecular complexity index is 1840. The van der Waals surface area contributed by atoms with E-state index in [9.17, 15) is 61.3 Å². The molecule has 0 bridgehead atoms. The molecule has 4 aliphatic carbocycles. The van der Waals surface area contributed by atoms with Crippen molar-refractivity contribution in [2.24, 2.45) is 52.3 Å². The number of hydrogen-bond donors (Lipinski definition) is 13.